The Morgan fingerprint density at radius 2 is 2.23 bits per heavy atom. The van der Waals surface area contributed by atoms with Crippen LogP contribution in [0, 0.1) is 5.41 Å². The lowest BCUT2D eigenvalue weighted by Gasteiger charge is -2.05. The average molecular weight is 250 g/mol. The maximum atomic E-state index is 10.7. The van der Waals surface area contributed by atoms with Gasteiger partial charge in [-0.1, -0.05) is 0 Å². The average Bonchev–Trinajstić information content (AvgIpc) is 2.14. The molecule has 0 saturated carbocycles. The van der Waals surface area contributed by atoms with E-state index in [0.29, 0.717) is 4.48 Å². The summed E-state index contributed by atoms with van der Waals surface area (Å²) in [4.78, 5) is 14.6. The van der Waals surface area contributed by atoms with Crippen LogP contribution in [-0.2, 0) is 9.63 Å². The van der Waals surface area contributed by atoms with E-state index in [-0.39, 0.29) is 12.1 Å². The van der Waals surface area contributed by atoms with Gasteiger partial charge in [-0.15, -0.1) is 0 Å². The van der Waals surface area contributed by atoms with Crippen LogP contribution in [0.5, 0.6) is 0 Å². The number of nitrogens with two attached hydrogens (primary N) is 1. The molecule has 4 N–H and O–H groups in total. The Hall–Kier alpha value is -0.880. The highest BCUT2D eigenvalue weighted by Crippen LogP contribution is 2.13. The van der Waals surface area contributed by atoms with Gasteiger partial charge in [0.1, 0.15) is 0 Å². The fourth-order valence-corrected chi connectivity index (χ4v) is 0.938. The van der Waals surface area contributed by atoms with Crippen LogP contribution in [0.3, 0.4) is 0 Å². The van der Waals surface area contributed by atoms with Gasteiger partial charge in [0.2, 0.25) is 0 Å². The number of hydrogen-bond donors (Lipinski definition) is 3. The van der Waals surface area contributed by atoms with E-state index in [2.05, 4.69) is 32.0 Å². The Morgan fingerprint density at radius 1 is 1.69 bits per heavy atom. The molecule has 0 saturated heterocycles. The van der Waals surface area contributed by atoms with Gasteiger partial charge in [-0.2, -0.15) is 5.90 Å². The van der Waals surface area contributed by atoms with Crippen molar-refractivity contribution >= 4 is 27.6 Å². The smallest absolute Gasteiger partial charge is 0.330 e. The molecule has 0 aliphatic rings. The van der Waals surface area contributed by atoms with E-state index < -0.39 is 5.97 Å². The summed E-state index contributed by atoms with van der Waals surface area (Å²) in [5.41, 5.74) is 0.900. The Morgan fingerprint density at radius 3 is 2.62 bits per heavy atom. The molecule has 0 rings (SSSR count). The van der Waals surface area contributed by atoms with Gasteiger partial charge in [-0.3, -0.25) is 0 Å². The highest BCUT2D eigenvalue weighted by atomic mass is 79.9. The lowest BCUT2D eigenvalue weighted by Crippen LogP contribution is -2.16. The number of allylic oxidation sites excluding steroid dienone is 2. The molecule has 5 nitrogen and oxygen atoms in total. The van der Waals surface area contributed by atoms with E-state index in [9.17, 15) is 4.79 Å². The number of nitrogens with one attached hydrogen (secondary N) is 2. The molecule has 0 aliphatic carbocycles. The van der Waals surface area contributed by atoms with Crippen LogP contribution in [0.2, 0.25) is 0 Å². The first-order valence-corrected chi connectivity index (χ1v) is 4.33. The van der Waals surface area contributed by atoms with E-state index in [1.807, 2.05) is 0 Å². The van der Waals surface area contributed by atoms with Crippen molar-refractivity contribution in [3.63, 3.8) is 0 Å². The second-order valence-corrected chi connectivity index (χ2v) is 3.13. The molecule has 0 aromatic heterocycles. The Kier molecular flexibility index (Phi) is 5.33. The Bertz CT molecular complexity index is 250. The van der Waals surface area contributed by atoms with Gasteiger partial charge in [0.25, 0.3) is 0 Å². The predicted molar refractivity (Wildman–Crippen MR) is 53.3 cm³/mol. The molecule has 0 unspecified atom stereocenters. The van der Waals surface area contributed by atoms with Crippen molar-refractivity contribution in [3.05, 3.63) is 10.2 Å². The molecule has 6 heteroatoms. The minimum atomic E-state index is -0.633. The van der Waals surface area contributed by atoms with Crippen LogP contribution in [0.25, 0.3) is 0 Å². The normalized spacial score (nSPS) is 11.7. The van der Waals surface area contributed by atoms with Crippen molar-refractivity contribution in [2.45, 2.75) is 13.3 Å². The zero-order valence-electron chi connectivity index (χ0n) is 7.48. The van der Waals surface area contributed by atoms with Gasteiger partial charge in [0, 0.05) is 12.7 Å². The first kappa shape index (κ1) is 12.1. The third-order valence-corrected chi connectivity index (χ3v) is 2.50. The van der Waals surface area contributed by atoms with Crippen molar-refractivity contribution in [2.24, 2.45) is 5.90 Å². The molecule has 0 spiro atoms. The molecule has 0 heterocycles. The first-order valence-electron chi connectivity index (χ1n) is 3.54. The third kappa shape index (κ3) is 4.05. The van der Waals surface area contributed by atoms with Crippen molar-refractivity contribution in [2.75, 3.05) is 7.05 Å². The molecule has 0 aliphatic heterocycles. The standard InChI is InChI=1S/C7H12BrN3O2/c1-4(11-2)7(8)5(9)3-6(12)13-10/h9,11H,3,10H2,1-2H3/b7-4+,9-5?. The number of carbonyl (C=O) groups is 1. The van der Waals surface area contributed by atoms with Gasteiger partial charge in [-0.05, 0) is 22.9 Å². The molecule has 0 bridgehead atoms. The molecule has 13 heavy (non-hydrogen) atoms. The summed E-state index contributed by atoms with van der Waals surface area (Å²) in [5.74, 6) is 4.00. The number of hydrogen-bond acceptors (Lipinski definition) is 5. The molecule has 0 aromatic carbocycles. The number of halogens is 1. The zero-order chi connectivity index (χ0) is 10.4. The third-order valence-electron chi connectivity index (χ3n) is 1.42. The number of rotatable bonds is 4. The van der Waals surface area contributed by atoms with Crippen molar-refractivity contribution in [1.82, 2.24) is 5.32 Å². The fourth-order valence-electron chi connectivity index (χ4n) is 0.600. The quantitative estimate of drug-likeness (QED) is 0.505. The molecule has 0 fully saturated rings. The number of carbonyl (C=O) groups excluding carboxylic acids is 1. The van der Waals surface area contributed by atoms with Crippen LogP contribution >= 0.6 is 15.9 Å². The van der Waals surface area contributed by atoms with Gasteiger partial charge < -0.3 is 15.6 Å². The maximum Gasteiger partial charge on any atom is 0.330 e. The summed E-state index contributed by atoms with van der Waals surface area (Å²) < 4.78 is 0.542. The second kappa shape index (κ2) is 5.71. The zero-order valence-corrected chi connectivity index (χ0v) is 9.06. The van der Waals surface area contributed by atoms with Crippen LogP contribution in [0.1, 0.15) is 13.3 Å². The van der Waals surface area contributed by atoms with Crippen LogP contribution in [0.15, 0.2) is 10.2 Å². The summed E-state index contributed by atoms with van der Waals surface area (Å²) in [6.07, 6.45) is -0.143. The largest absolute Gasteiger partial charge is 0.391 e. The molecular weight excluding hydrogens is 238 g/mol. The lowest BCUT2D eigenvalue weighted by atomic mass is 10.2. The van der Waals surface area contributed by atoms with Gasteiger partial charge >= 0.3 is 5.97 Å². The SMILES string of the molecule is CN/C(C)=C(/Br)C(=N)CC(=O)ON. The minimum absolute atomic E-state index is 0.127. The molecule has 0 amide bonds. The van der Waals surface area contributed by atoms with E-state index >= 15 is 0 Å². The van der Waals surface area contributed by atoms with Gasteiger partial charge in [0.15, 0.2) is 0 Å². The lowest BCUT2D eigenvalue weighted by molar-refractivity contribution is -0.142. The summed E-state index contributed by atoms with van der Waals surface area (Å²) in [7, 11) is 1.73. The molecule has 0 radical (unpaired) electrons. The predicted octanol–water partition coefficient (Wildman–Crippen LogP) is 0.659. The van der Waals surface area contributed by atoms with E-state index in [1.54, 1.807) is 14.0 Å². The van der Waals surface area contributed by atoms with Gasteiger partial charge in [0.05, 0.1) is 16.6 Å². The van der Waals surface area contributed by atoms with E-state index in [4.69, 9.17) is 5.41 Å². The summed E-state index contributed by atoms with van der Waals surface area (Å²) in [6.45, 7) is 1.78. The summed E-state index contributed by atoms with van der Waals surface area (Å²) >= 11 is 3.17. The fraction of sp³-hybridized carbons (Fsp3) is 0.429. The molecular formula is C7H12BrN3O2. The Labute approximate surface area is 84.9 Å². The Balaban J connectivity index is 4.36. The highest BCUT2D eigenvalue weighted by Gasteiger charge is 2.10. The van der Waals surface area contributed by atoms with E-state index in [0.717, 1.165) is 5.70 Å². The first-order chi connectivity index (χ1) is 6.02. The molecule has 74 valence electrons. The minimum Gasteiger partial charge on any atom is -0.391 e. The highest BCUT2D eigenvalue weighted by molar-refractivity contribution is 9.12. The van der Waals surface area contributed by atoms with E-state index in [1.165, 1.54) is 0 Å². The monoisotopic (exact) mass is 249 g/mol. The van der Waals surface area contributed by atoms with Crippen LogP contribution < -0.4 is 11.2 Å². The van der Waals surface area contributed by atoms with Crippen molar-refractivity contribution in [1.29, 1.82) is 5.41 Å². The van der Waals surface area contributed by atoms with Crippen LogP contribution in [0.4, 0.5) is 0 Å². The van der Waals surface area contributed by atoms with Gasteiger partial charge in [-0.25, -0.2) is 4.79 Å². The summed E-state index contributed by atoms with van der Waals surface area (Å²) in [5, 5.41) is 10.3. The second-order valence-electron chi connectivity index (χ2n) is 2.33. The molecule has 0 atom stereocenters. The van der Waals surface area contributed by atoms with Crippen molar-refractivity contribution < 1.29 is 9.63 Å². The van der Waals surface area contributed by atoms with Crippen LogP contribution in [-0.4, -0.2) is 18.7 Å². The van der Waals surface area contributed by atoms with Crippen molar-refractivity contribution in [3.8, 4) is 0 Å². The summed E-state index contributed by atoms with van der Waals surface area (Å²) in [6, 6.07) is 0. The maximum absolute atomic E-state index is 10.7. The topological polar surface area (TPSA) is 88.2 Å². The molecule has 0 aromatic rings.